The molecular formula is C11H20N4O. The monoisotopic (exact) mass is 224 g/mol. The first-order valence-corrected chi connectivity index (χ1v) is 6.10. The normalized spacial score (nSPS) is 19.9. The molecule has 0 bridgehead atoms. The van der Waals surface area contributed by atoms with Crippen LogP contribution in [0.2, 0.25) is 0 Å². The topological polar surface area (TPSA) is 77.0 Å². The number of hydrogen-bond acceptors (Lipinski definition) is 4. The van der Waals surface area contributed by atoms with E-state index in [2.05, 4.69) is 10.2 Å². The van der Waals surface area contributed by atoms with Gasteiger partial charge in [0.2, 0.25) is 0 Å². The number of aromatic nitrogens is 3. The fourth-order valence-electron chi connectivity index (χ4n) is 2.42. The Hall–Kier alpha value is -0.940. The number of nitrogens with two attached hydrogens (primary N) is 1. The Balaban J connectivity index is 2.11. The van der Waals surface area contributed by atoms with E-state index in [1.54, 1.807) is 6.33 Å². The molecule has 1 fully saturated rings. The molecule has 0 aromatic carbocycles. The van der Waals surface area contributed by atoms with Crippen LogP contribution in [0.3, 0.4) is 0 Å². The molecule has 2 rings (SSSR count). The SMILES string of the molecule is NCCC(O)c1nncn1C1CCCCC1. The average molecular weight is 224 g/mol. The van der Waals surface area contributed by atoms with Crippen LogP contribution in [0.25, 0.3) is 0 Å². The van der Waals surface area contributed by atoms with Crippen molar-refractivity contribution in [3.05, 3.63) is 12.2 Å². The molecule has 1 unspecified atom stereocenters. The van der Waals surface area contributed by atoms with Crippen LogP contribution >= 0.6 is 0 Å². The molecule has 0 aliphatic heterocycles. The molecule has 0 radical (unpaired) electrons. The van der Waals surface area contributed by atoms with E-state index >= 15 is 0 Å². The average Bonchev–Trinajstić information content (AvgIpc) is 2.79. The van der Waals surface area contributed by atoms with Gasteiger partial charge in [-0.1, -0.05) is 19.3 Å². The molecule has 0 amide bonds. The number of aliphatic hydroxyl groups is 1. The van der Waals surface area contributed by atoms with E-state index < -0.39 is 6.10 Å². The van der Waals surface area contributed by atoms with Crippen LogP contribution in [0.5, 0.6) is 0 Å². The summed E-state index contributed by atoms with van der Waals surface area (Å²) < 4.78 is 2.04. The van der Waals surface area contributed by atoms with E-state index in [1.165, 1.54) is 32.1 Å². The summed E-state index contributed by atoms with van der Waals surface area (Å²) in [5.41, 5.74) is 5.45. The summed E-state index contributed by atoms with van der Waals surface area (Å²) in [6.07, 6.45) is 7.88. The van der Waals surface area contributed by atoms with Crippen LogP contribution in [0.1, 0.15) is 56.5 Å². The molecule has 0 spiro atoms. The van der Waals surface area contributed by atoms with Crippen LogP contribution in [-0.2, 0) is 0 Å². The number of nitrogens with zero attached hydrogens (tertiary/aromatic N) is 3. The van der Waals surface area contributed by atoms with Crippen LogP contribution in [0, 0.1) is 0 Å². The zero-order valence-corrected chi connectivity index (χ0v) is 9.55. The zero-order chi connectivity index (χ0) is 11.4. The van der Waals surface area contributed by atoms with E-state index in [0.29, 0.717) is 24.8 Å². The van der Waals surface area contributed by atoms with Crippen molar-refractivity contribution in [2.75, 3.05) is 6.54 Å². The third-order valence-electron chi connectivity index (χ3n) is 3.31. The van der Waals surface area contributed by atoms with Crippen molar-refractivity contribution in [1.29, 1.82) is 0 Å². The van der Waals surface area contributed by atoms with Crippen molar-refractivity contribution in [2.45, 2.75) is 50.7 Å². The first kappa shape index (κ1) is 11.5. The van der Waals surface area contributed by atoms with Crippen molar-refractivity contribution < 1.29 is 5.11 Å². The Bertz CT molecular complexity index is 320. The molecule has 1 saturated carbocycles. The summed E-state index contributed by atoms with van der Waals surface area (Å²) in [6, 6.07) is 0.464. The minimum atomic E-state index is -0.575. The van der Waals surface area contributed by atoms with Crippen molar-refractivity contribution in [1.82, 2.24) is 14.8 Å². The molecule has 1 atom stereocenters. The number of rotatable bonds is 4. The van der Waals surface area contributed by atoms with Gasteiger partial charge in [0, 0.05) is 6.04 Å². The third kappa shape index (κ3) is 2.41. The van der Waals surface area contributed by atoms with Gasteiger partial charge in [-0.25, -0.2) is 0 Å². The summed E-state index contributed by atoms with van der Waals surface area (Å²) in [6.45, 7) is 0.471. The lowest BCUT2D eigenvalue weighted by molar-refractivity contribution is 0.150. The molecule has 1 aromatic rings. The van der Waals surface area contributed by atoms with Gasteiger partial charge < -0.3 is 15.4 Å². The molecule has 1 aliphatic carbocycles. The second-order valence-electron chi connectivity index (χ2n) is 4.48. The largest absolute Gasteiger partial charge is 0.385 e. The molecule has 1 aromatic heterocycles. The van der Waals surface area contributed by atoms with Gasteiger partial charge in [-0.05, 0) is 25.8 Å². The van der Waals surface area contributed by atoms with Crippen molar-refractivity contribution in [2.24, 2.45) is 5.73 Å². The maximum Gasteiger partial charge on any atom is 0.162 e. The van der Waals surface area contributed by atoms with Gasteiger partial charge >= 0.3 is 0 Å². The van der Waals surface area contributed by atoms with Crippen molar-refractivity contribution in [3.8, 4) is 0 Å². The first-order valence-electron chi connectivity index (χ1n) is 6.10. The van der Waals surface area contributed by atoms with Crippen molar-refractivity contribution >= 4 is 0 Å². The lowest BCUT2D eigenvalue weighted by Crippen LogP contribution is -2.18. The van der Waals surface area contributed by atoms with E-state index in [9.17, 15) is 5.11 Å². The highest BCUT2D eigenvalue weighted by molar-refractivity contribution is 4.95. The number of hydrogen-bond donors (Lipinski definition) is 2. The molecular weight excluding hydrogens is 204 g/mol. The summed E-state index contributed by atoms with van der Waals surface area (Å²) >= 11 is 0. The van der Waals surface area contributed by atoms with Gasteiger partial charge in [0.15, 0.2) is 5.82 Å². The molecule has 3 N–H and O–H groups in total. The summed E-state index contributed by atoms with van der Waals surface area (Å²) in [7, 11) is 0. The first-order chi connectivity index (χ1) is 7.83. The van der Waals surface area contributed by atoms with Gasteiger partial charge in [-0.2, -0.15) is 0 Å². The maximum atomic E-state index is 9.92. The highest BCUT2D eigenvalue weighted by atomic mass is 16.3. The predicted octanol–water partition coefficient (Wildman–Crippen LogP) is 1.17. The highest BCUT2D eigenvalue weighted by Crippen LogP contribution is 2.30. The van der Waals surface area contributed by atoms with E-state index in [0.717, 1.165) is 0 Å². The summed E-state index contributed by atoms with van der Waals surface area (Å²) in [5, 5.41) is 17.8. The maximum absolute atomic E-state index is 9.92. The summed E-state index contributed by atoms with van der Waals surface area (Å²) in [4.78, 5) is 0. The van der Waals surface area contributed by atoms with E-state index in [1.807, 2.05) is 4.57 Å². The minimum Gasteiger partial charge on any atom is -0.385 e. The highest BCUT2D eigenvalue weighted by Gasteiger charge is 2.21. The molecule has 1 heterocycles. The lowest BCUT2D eigenvalue weighted by Gasteiger charge is -2.25. The second-order valence-corrected chi connectivity index (χ2v) is 4.48. The van der Waals surface area contributed by atoms with Gasteiger partial charge in [0.1, 0.15) is 12.4 Å². The van der Waals surface area contributed by atoms with Gasteiger partial charge in [0.05, 0.1) is 0 Å². The van der Waals surface area contributed by atoms with Crippen LogP contribution < -0.4 is 5.73 Å². The predicted molar refractivity (Wildman–Crippen MR) is 60.8 cm³/mol. The van der Waals surface area contributed by atoms with Crippen LogP contribution in [-0.4, -0.2) is 26.4 Å². The Morgan fingerprint density at radius 2 is 2.19 bits per heavy atom. The lowest BCUT2D eigenvalue weighted by atomic mass is 9.95. The Kier molecular flexibility index (Phi) is 3.90. The number of aliphatic hydroxyl groups excluding tert-OH is 1. The molecule has 16 heavy (non-hydrogen) atoms. The standard InChI is InChI=1S/C11H20N4O/c12-7-6-10(16)11-14-13-8-15(11)9-4-2-1-3-5-9/h8-10,16H,1-7,12H2. The Morgan fingerprint density at radius 1 is 1.44 bits per heavy atom. The molecule has 5 heteroatoms. The fraction of sp³-hybridized carbons (Fsp3) is 0.818. The van der Waals surface area contributed by atoms with Gasteiger partial charge in [-0.3, -0.25) is 0 Å². The Morgan fingerprint density at radius 3 is 2.88 bits per heavy atom. The molecule has 0 saturated heterocycles. The van der Waals surface area contributed by atoms with Gasteiger partial charge in [-0.15, -0.1) is 10.2 Å². The molecule has 90 valence electrons. The van der Waals surface area contributed by atoms with E-state index in [4.69, 9.17) is 5.73 Å². The van der Waals surface area contributed by atoms with Crippen molar-refractivity contribution in [3.63, 3.8) is 0 Å². The second kappa shape index (κ2) is 5.41. The van der Waals surface area contributed by atoms with Crippen LogP contribution in [0.15, 0.2) is 6.33 Å². The van der Waals surface area contributed by atoms with E-state index in [-0.39, 0.29) is 0 Å². The fourth-order valence-corrected chi connectivity index (χ4v) is 2.42. The smallest absolute Gasteiger partial charge is 0.162 e. The Labute approximate surface area is 95.7 Å². The minimum absolute atomic E-state index is 0.464. The molecule has 5 nitrogen and oxygen atoms in total. The summed E-state index contributed by atoms with van der Waals surface area (Å²) in [5.74, 6) is 0.678. The molecule has 1 aliphatic rings. The van der Waals surface area contributed by atoms with Crippen LogP contribution in [0.4, 0.5) is 0 Å². The van der Waals surface area contributed by atoms with Gasteiger partial charge in [0.25, 0.3) is 0 Å². The zero-order valence-electron chi connectivity index (χ0n) is 9.55. The quantitative estimate of drug-likeness (QED) is 0.804. The third-order valence-corrected chi connectivity index (χ3v) is 3.31.